The zero-order valence-corrected chi connectivity index (χ0v) is 19.1. The number of benzene rings is 1. The minimum absolute atomic E-state index is 0. The molecule has 2 aromatic rings. The topological polar surface area (TPSA) is 61.8 Å². The van der Waals surface area contributed by atoms with Crippen LogP contribution in [0.1, 0.15) is 23.6 Å². The van der Waals surface area contributed by atoms with E-state index in [1.165, 1.54) is 11.1 Å². The van der Waals surface area contributed by atoms with Gasteiger partial charge in [0.2, 0.25) is 0 Å². The van der Waals surface area contributed by atoms with E-state index >= 15 is 0 Å². The third kappa shape index (κ3) is 6.63. The molecular weight excluding hydrogens is 465 g/mol. The van der Waals surface area contributed by atoms with Crippen molar-refractivity contribution in [3.05, 3.63) is 59.3 Å². The van der Waals surface area contributed by atoms with Crippen LogP contribution in [-0.4, -0.2) is 43.8 Å². The molecule has 0 bridgehead atoms. The van der Waals surface area contributed by atoms with Crippen LogP contribution in [0.25, 0.3) is 0 Å². The number of morpholine rings is 1. The molecule has 1 fully saturated rings. The largest absolute Gasteiger partial charge is 0.375 e. The molecule has 0 saturated carbocycles. The summed E-state index contributed by atoms with van der Waals surface area (Å²) in [6, 6.07) is 12.7. The Morgan fingerprint density at radius 2 is 1.82 bits per heavy atom. The number of guanidine groups is 1. The Labute approximate surface area is 184 Å². The molecule has 1 atom stereocenters. The number of rotatable bonds is 5. The molecule has 0 amide bonds. The van der Waals surface area contributed by atoms with Crippen molar-refractivity contribution in [2.75, 3.05) is 31.6 Å². The summed E-state index contributed by atoms with van der Waals surface area (Å²) >= 11 is 0. The summed E-state index contributed by atoms with van der Waals surface area (Å²) in [5.41, 5.74) is 3.62. The first-order chi connectivity index (χ1) is 13.1. The number of halogens is 1. The SMILES string of the molecule is CN=C(NCc1ccc(C)cc1)NCc1ccc(N2CCOC(C)C2)nc1.I. The van der Waals surface area contributed by atoms with Crippen molar-refractivity contribution in [3.8, 4) is 0 Å². The second kappa shape index (κ2) is 11.2. The van der Waals surface area contributed by atoms with Crippen molar-refractivity contribution in [2.45, 2.75) is 33.0 Å². The monoisotopic (exact) mass is 495 g/mol. The van der Waals surface area contributed by atoms with Gasteiger partial charge in [0.05, 0.1) is 12.7 Å². The average molecular weight is 495 g/mol. The summed E-state index contributed by atoms with van der Waals surface area (Å²) in [4.78, 5) is 11.2. The van der Waals surface area contributed by atoms with Crippen molar-refractivity contribution in [2.24, 2.45) is 4.99 Å². The molecule has 7 heteroatoms. The number of nitrogens with one attached hydrogen (secondary N) is 2. The van der Waals surface area contributed by atoms with Crippen LogP contribution in [0.15, 0.2) is 47.6 Å². The van der Waals surface area contributed by atoms with Crippen LogP contribution in [0.5, 0.6) is 0 Å². The standard InChI is InChI=1S/C21H29N5O.HI/c1-16-4-6-18(7-5-16)12-24-21(22-3)25-14-19-8-9-20(23-13-19)26-10-11-27-17(2)15-26;/h4-9,13,17H,10-12,14-15H2,1-3H3,(H2,22,24,25);1H. The highest BCUT2D eigenvalue weighted by atomic mass is 127. The summed E-state index contributed by atoms with van der Waals surface area (Å²) in [6.07, 6.45) is 2.18. The van der Waals surface area contributed by atoms with E-state index in [2.05, 4.69) is 75.8 Å². The number of nitrogens with zero attached hydrogens (tertiary/aromatic N) is 3. The highest BCUT2D eigenvalue weighted by Crippen LogP contribution is 2.15. The summed E-state index contributed by atoms with van der Waals surface area (Å²) in [5.74, 6) is 1.79. The van der Waals surface area contributed by atoms with Crippen molar-refractivity contribution in [1.82, 2.24) is 15.6 Å². The molecular formula is C21H30IN5O. The third-order valence-electron chi connectivity index (χ3n) is 4.64. The van der Waals surface area contributed by atoms with Gasteiger partial charge in [-0.1, -0.05) is 35.9 Å². The van der Waals surface area contributed by atoms with E-state index in [1.807, 2.05) is 6.20 Å². The van der Waals surface area contributed by atoms with Gasteiger partial charge in [-0.05, 0) is 31.0 Å². The third-order valence-corrected chi connectivity index (χ3v) is 4.64. The van der Waals surface area contributed by atoms with Crippen LogP contribution in [-0.2, 0) is 17.8 Å². The van der Waals surface area contributed by atoms with E-state index in [4.69, 9.17) is 4.74 Å². The highest BCUT2D eigenvalue weighted by molar-refractivity contribution is 14.0. The Morgan fingerprint density at radius 1 is 1.14 bits per heavy atom. The van der Waals surface area contributed by atoms with Crippen LogP contribution in [0.4, 0.5) is 5.82 Å². The molecule has 1 saturated heterocycles. The zero-order chi connectivity index (χ0) is 19.1. The number of anilines is 1. The Morgan fingerprint density at radius 3 is 2.43 bits per heavy atom. The predicted octanol–water partition coefficient (Wildman–Crippen LogP) is 3.10. The normalized spacial score (nSPS) is 17.0. The van der Waals surface area contributed by atoms with E-state index in [9.17, 15) is 0 Å². The van der Waals surface area contributed by atoms with Gasteiger partial charge in [-0.3, -0.25) is 4.99 Å². The van der Waals surface area contributed by atoms with Crippen LogP contribution >= 0.6 is 24.0 Å². The Bertz CT molecular complexity index is 748. The van der Waals surface area contributed by atoms with Gasteiger partial charge in [-0.15, -0.1) is 24.0 Å². The first-order valence-corrected chi connectivity index (χ1v) is 9.45. The average Bonchev–Trinajstić information content (AvgIpc) is 2.70. The Kier molecular flexibility index (Phi) is 8.98. The Balaban J connectivity index is 0.00000280. The maximum Gasteiger partial charge on any atom is 0.191 e. The van der Waals surface area contributed by atoms with Crippen LogP contribution < -0.4 is 15.5 Å². The van der Waals surface area contributed by atoms with Gasteiger partial charge in [0.25, 0.3) is 0 Å². The Hall–Kier alpha value is -1.87. The highest BCUT2D eigenvalue weighted by Gasteiger charge is 2.17. The molecule has 1 unspecified atom stereocenters. The second-order valence-corrected chi connectivity index (χ2v) is 6.92. The van der Waals surface area contributed by atoms with Gasteiger partial charge in [0, 0.05) is 39.4 Å². The van der Waals surface area contributed by atoms with Crippen LogP contribution in [0, 0.1) is 6.92 Å². The maximum atomic E-state index is 5.59. The molecule has 2 N–H and O–H groups in total. The lowest BCUT2D eigenvalue weighted by molar-refractivity contribution is 0.0529. The lowest BCUT2D eigenvalue weighted by atomic mass is 10.1. The molecule has 1 aliphatic rings. The van der Waals surface area contributed by atoms with Crippen molar-refractivity contribution < 1.29 is 4.74 Å². The smallest absolute Gasteiger partial charge is 0.191 e. The van der Waals surface area contributed by atoms with E-state index < -0.39 is 0 Å². The quantitative estimate of drug-likeness (QED) is 0.380. The summed E-state index contributed by atoms with van der Waals surface area (Å²) in [7, 11) is 1.78. The summed E-state index contributed by atoms with van der Waals surface area (Å²) in [5, 5.41) is 6.68. The van der Waals surface area contributed by atoms with E-state index in [0.717, 1.165) is 43.6 Å². The fourth-order valence-corrected chi connectivity index (χ4v) is 3.03. The van der Waals surface area contributed by atoms with E-state index in [1.54, 1.807) is 7.05 Å². The number of pyridine rings is 1. The molecule has 152 valence electrons. The second-order valence-electron chi connectivity index (χ2n) is 6.92. The summed E-state index contributed by atoms with van der Waals surface area (Å²) in [6.45, 7) is 8.16. The van der Waals surface area contributed by atoms with E-state index in [0.29, 0.717) is 6.54 Å². The molecule has 28 heavy (non-hydrogen) atoms. The van der Waals surface area contributed by atoms with E-state index in [-0.39, 0.29) is 30.1 Å². The van der Waals surface area contributed by atoms with Gasteiger partial charge >= 0.3 is 0 Å². The zero-order valence-electron chi connectivity index (χ0n) is 16.8. The minimum Gasteiger partial charge on any atom is -0.375 e. The fourth-order valence-electron chi connectivity index (χ4n) is 3.03. The van der Waals surface area contributed by atoms with Crippen molar-refractivity contribution in [3.63, 3.8) is 0 Å². The molecule has 0 spiro atoms. The maximum absolute atomic E-state index is 5.59. The predicted molar refractivity (Wildman–Crippen MR) is 125 cm³/mol. The number of aryl methyl sites for hydroxylation is 1. The van der Waals surface area contributed by atoms with Gasteiger partial charge in [0.1, 0.15) is 5.82 Å². The van der Waals surface area contributed by atoms with Gasteiger partial charge in [-0.25, -0.2) is 4.98 Å². The van der Waals surface area contributed by atoms with Gasteiger partial charge in [-0.2, -0.15) is 0 Å². The lowest BCUT2D eigenvalue weighted by Gasteiger charge is -2.32. The number of ether oxygens (including phenoxy) is 1. The summed E-state index contributed by atoms with van der Waals surface area (Å²) < 4.78 is 5.59. The molecule has 0 aliphatic carbocycles. The van der Waals surface area contributed by atoms with Crippen molar-refractivity contribution in [1.29, 1.82) is 0 Å². The van der Waals surface area contributed by atoms with Gasteiger partial charge in [0.15, 0.2) is 5.96 Å². The molecule has 1 aromatic carbocycles. The van der Waals surface area contributed by atoms with Crippen LogP contribution in [0.2, 0.25) is 0 Å². The van der Waals surface area contributed by atoms with Crippen molar-refractivity contribution >= 4 is 35.8 Å². The fraction of sp³-hybridized carbons (Fsp3) is 0.429. The van der Waals surface area contributed by atoms with Crippen LogP contribution in [0.3, 0.4) is 0 Å². The number of hydrogen-bond donors (Lipinski definition) is 2. The first kappa shape index (κ1) is 22.4. The van der Waals surface area contributed by atoms with Gasteiger partial charge < -0.3 is 20.3 Å². The lowest BCUT2D eigenvalue weighted by Crippen LogP contribution is -2.41. The number of aliphatic imine (C=N–C) groups is 1. The number of hydrogen-bond acceptors (Lipinski definition) is 4. The molecule has 1 aliphatic heterocycles. The molecule has 0 radical (unpaired) electrons. The minimum atomic E-state index is 0. The first-order valence-electron chi connectivity index (χ1n) is 9.45. The molecule has 3 rings (SSSR count). The molecule has 2 heterocycles. The number of aromatic nitrogens is 1. The molecule has 6 nitrogen and oxygen atoms in total. The molecule has 1 aromatic heterocycles.